The summed E-state index contributed by atoms with van der Waals surface area (Å²) in [6.45, 7) is 0. The summed E-state index contributed by atoms with van der Waals surface area (Å²) in [6.07, 6.45) is 0.181. The zero-order valence-corrected chi connectivity index (χ0v) is 11.7. The van der Waals surface area contributed by atoms with E-state index >= 15 is 0 Å². The number of carbonyl (C=O) groups excluding carboxylic acids is 3. The molecule has 0 bridgehead atoms. The fraction of sp³-hybridized carbons (Fsp3) is 0.357. The van der Waals surface area contributed by atoms with Crippen LogP contribution < -0.4 is 0 Å². The first kappa shape index (κ1) is 23.7. The minimum Gasteiger partial charge on any atom is -0.325 e. The van der Waals surface area contributed by atoms with Gasteiger partial charge in [-0.3, -0.25) is 9.59 Å². The van der Waals surface area contributed by atoms with Crippen LogP contribution in [0, 0.1) is 6.07 Å². The van der Waals surface area contributed by atoms with Gasteiger partial charge < -0.3 is 4.84 Å². The number of imide groups is 1. The molecule has 6 heteroatoms. The number of amides is 2. The van der Waals surface area contributed by atoms with Crippen molar-refractivity contribution in [3.8, 4) is 0 Å². The second kappa shape index (κ2) is 10.4. The van der Waals surface area contributed by atoms with Gasteiger partial charge in [0.2, 0.25) is 0 Å². The summed E-state index contributed by atoms with van der Waals surface area (Å²) in [6, 6.07) is 8.88. The van der Waals surface area contributed by atoms with Crippen molar-refractivity contribution in [2.24, 2.45) is 0 Å². The summed E-state index contributed by atoms with van der Waals surface area (Å²) in [4.78, 5) is 38.5. The molecule has 5 nitrogen and oxygen atoms in total. The molecule has 0 unspecified atom stereocenters. The van der Waals surface area contributed by atoms with Crippen LogP contribution in [0.2, 0.25) is 0 Å². The molecule has 2 amide bonds. The van der Waals surface area contributed by atoms with Crippen molar-refractivity contribution in [3.05, 3.63) is 35.9 Å². The summed E-state index contributed by atoms with van der Waals surface area (Å²) in [7, 11) is 0. The maximum absolute atomic E-state index is 11.5. The molecule has 0 aliphatic carbocycles. The molecule has 1 aliphatic rings. The van der Waals surface area contributed by atoms with Crippen LogP contribution >= 0.6 is 0 Å². The maximum atomic E-state index is 11.5. The summed E-state index contributed by atoms with van der Waals surface area (Å²) >= 11 is 0. The molecule has 1 aromatic rings. The first-order valence-electron chi connectivity index (χ1n) is 4.72. The molecule has 1 heterocycles. The summed E-state index contributed by atoms with van der Waals surface area (Å²) < 4.78 is 0. The quantitative estimate of drug-likeness (QED) is 0.579. The Balaban J connectivity index is -0.000000722. The van der Waals surface area contributed by atoms with Gasteiger partial charge in [-0.2, -0.15) is 0 Å². The van der Waals surface area contributed by atoms with Crippen molar-refractivity contribution in [1.29, 1.82) is 0 Å². The Morgan fingerprint density at radius 1 is 1.15 bits per heavy atom. The van der Waals surface area contributed by atoms with Gasteiger partial charge in [0.25, 0.3) is 11.8 Å². The fourth-order valence-corrected chi connectivity index (χ4v) is 1.31. The van der Waals surface area contributed by atoms with E-state index in [0.29, 0.717) is 5.06 Å². The number of nitrogens with zero attached hydrogens (tertiary/aromatic N) is 1. The van der Waals surface area contributed by atoms with E-state index in [4.69, 9.17) is 4.84 Å². The molecule has 0 spiro atoms. The van der Waals surface area contributed by atoms with Gasteiger partial charge in [-0.25, -0.2) is 4.79 Å². The van der Waals surface area contributed by atoms with E-state index in [-0.39, 0.29) is 64.6 Å². The van der Waals surface area contributed by atoms with Crippen molar-refractivity contribution in [3.63, 3.8) is 0 Å². The largest absolute Gasteiger partial charge is 0.363 e. The van der Waals surface area contributed by atoms with E-state index in [2.05, 4.69) is 6.07 Å². The molecule has 5 radical (unpaired) electrons. The Labute approximate surface area is 137 Å². The number of hydrogen-bond donors (Lipinski definition) is 0. The SMILES string of the molecule is C.C.C.O=C(ON1C(=O)CCC1=O)c1c[c]ccc1.[Sn]. The minimum absolute atomic E-state index is 0. The van der Waals surface area contributed by atoms with Gasteiger partial charge in [-0.1, -0.05) is 34.4 Å². The standard InChI is InChI=1S/C11H8NO4.3CH4.Sn/c13-9-6-7-10(14)12(9)16-11(15)8-4-2-1-3-5-8;;;;/h1-2,4-5H,6-7H2;3*1H4;. The van der Waals surface area contributed by atoms with Crippen LogP contribution in [-0.2, 0) is 14.4 Å². The van der Waals surface area contributed by atoms with Gasteiger partial charge in [0.05, 0.1) is 5.56 Å². The van der Waals surface area contributed by atoms with Gasteiger partial charge in [0.1, 0.15) is 0 Å². The molecular formula is C14H20NO4Sn. The van der Waals surface area contributed by atoms with E-state index in [1.54, 1.807) is 12.1 Å². The third-order valence-corrected chi connectivity index (χ3v) is 2.12. The zero-order valence-electron chi connectivity index (χ0n) is 8.80. The van der Waals surface area contributed by atoms with Gasteiger partial charge in [-0.15, -0.1) is 5.06 Å². The maximum Gasteiger partial charge on any atom is 0.363 e. The molecule has 1 fully saturated rings. The monoisotopic (exact) mass is 386 g/mol. The minimum atomic E-state index is -0.736. The van der Waals surface area contributed by atoms with Crippen LogP contribution in [0.3, 0.4) is 0 Å². The second-order valence-corrected chi connectivity index (χ2v) is 3.25. The first-order valence-corrected chi connectivity index (χ1v) is 4.72. The average molecular weight is 385 g/mol. The Hall–Kier alpha value is -1.37. The number of rotatable bonds is 2. The number of carbonyl (C=O) groups is 3. The van der Waals surface area contributed by atoms with Crippen LogP contribution in [0.25, 0.3) is 0 Å². The molecule has 0 N–H and O–H groups in total. The van der Waals surface area contributed by atoms with Crippen molar-refractivity contribution in [1.82, 2.24) is 5.06 Å². The van der Waals surface area contributed by atoms with Gasteiger partial charge in [0, 0.05) is 36.7 Å². The number of hydroxylamine groups is 2. The van der Waals surface area contributed by atoms with Crippen LogP contribution in [0.5, 0.6) is 0 Å². The predicted molar refractivity (Wildman–Crippen MR) is 77.7 cm³/mol. The van der Waals surface area contributed by atoms with Crippen molar-refractivity contribution < 1.29 is 19.2 Å². The number of hydrogen-bond acceptors (Lipinski definition) is 4. The Morgan fingerprint density at radius 2 is 1.70 bits per heavy atom. The van der Waals surface area contributed by atoms with Gasteiger partial charge in [0.15, 0.2) is 0 Å². The van der Waals surface area contributed by atoms with Crippen LogP contribution in [0.1, 0.15) is 45.5 Å². The molecule has 1 aliphatic heterocycles. The van der Waals surface area contributed by atoms with Gasteiger partial charge >= 0.3 is 5.97 Å². The zero-order chi connectivity index (χ0) is 11.5. The average Bonchev–Trinajstić information content (AvgIpc) is 2.62. The van der Waals surface area contributed by atoms with Crippen LogP contribution in [0.15, 0.2) is 24.3 Å². The Kier molecular flexibility index (Phi) is 12.3. The molecule has 2 rings (SSSR count). The fourth-order valence-electron chi connectivity index (χ4n) is 1.31. The smallest absolute Gasteiger partial charge is 0.325 e. The van der Waals surface area contributed by atoms with E-state index in [1.807, 2.05) is 0 Å². The molecule has 109 valence electrons. The van der Waals surface area contributed by atoms with Crippen molar-refractivity contribution in [2.45, 2.75) is 35.1 Å². The third kappa shape index (κ3) is 5.32. The molecular weight excluding hydrogens is 365 g/mol. The normalized spacial score (nSPS) is 12.3. The summed E-state index contributed by atoms with van der Waals surface area (Å²) in [5, 5.41) is 0.523. The van der Waals surface area contributed by atoms with Gasteiger partial charge in [-0.05, 0) is 18.2 Å². The number of benzene rings is 1. The molecule has 0 atom stereocenters. The van der Waals surface area contributed by atoms with E-state index < -0.39 is 17.8 Å². The second-order valence-electron chi connectivity index (χ2n) is 3.25. The predicted octanol–water partition coefficient (Wildman–Crippen LogP) is 2.24. The van der Waals surface area contributed by atoms with E-state index in [1.165, 1.54) is 12.1 Å². The summed E-state index contributed by atoms with van der Waals surface area (Å²) in [5.41, 5.74) is 0.245. The van der Waals surface area contributed by atoms with Crippen LogP contribution in [-0.4, -0.2) is 46.8 Å². The first-order chi connectivity index (χ1) is 7.68. The molecule has 1 aromatic carbocycles. The summed E-state index contributed by atoms with van der Waals surface area (Å²) in [5.74, 6) is -1.71. The van der Waals surface area contributed by atoms with Crippen molar-refractivity contribution in [2.75, 3.05) is 0 Å². The molecule has 20 heavy (non-hydrogen) atoms. The topological polar surface area (TPSA) is 63.7 Å². The van der Waals surface area contributed by atoms with E-state index in [9.17, 15) is 14.4 Å². The Morgan fingerprint density at radius 3 is 2.15 bits per heavy atom. The molecule has 0 saturated carbocycles. The molecule has 1 saturated heterocycles. The Bertz CT molecular complexity index is 432. The molecule has 0 aromatic heterocycles. The van der Waals surface area contributed by atoms with E-state index in [0.717, 1.165) is 0 Å². The van der Waals surface area contributed by atoms with Crippen LogP contribution in [0.4, 0.5) is 0 Å². The third-order valence-electron chi connectivity index (χ3n) is 2.12. The van der Waals surface area contributed by atoms with Crippen molar-refractivity contribution >= 4 is 41.7 Å².